The largest absolute Gasteiger partial charge is 0.287 e. The van der Waals surface area contributed by atoms with Gasteiger partial charge in [0.25, 0.3) is 5.69 Å². The van der Waals surface area contributed by atoms with Gasteiger partial charge in [-0.15, -0.1) is 0 Å². The number of nitrogens with zero attached hydrogens (tertiary/aromatic N) is 2. The molecule has 0 aliphatic heterocycles. The smallest absolute Gasteiger partial charge is 0.280 e. The van der Waals surface area contributed by atoms with Gasteiger partial charge in [-0.3, -0.25) is 19.9 Å². The Balaban J connectivity index is 2.54. The monoisotopic (exact) mass is 242 g/mol. The maximum Gasteiger partial charge on any atom is 0.280 e. The molecule has 0 aliphatic carbocycles. The summed E-state index contributed by atoms with van der Waals surface area (Å²) >= 11 is 0. The highest BCUT2D eigenvalue weighted by atomic mass is 16.6. The van der Waals surface area contributed by atoms with E-state index in [2.05, 4.69) is 4.98 Å². The van der Waals surface area contributed by atoms with Gasteiger partial charge < -0.3 is 0 Å². The van der Waals surface area contributed by atoms with Crippen molar-refractivity contribution in [2.24, 2.45) is 0 Å². The minimum atomic E-state index is -0.560. The molecule has 5 nitrogen and oxygen atoms in total. The second-order valence-corrected chi connectivity index (χ2v) is 3.82. The molecule has 1 heterocycles. The van der Waals surface area contributed by atoms with E-state index in [9.17, 15) is 14.9 Å². The maximum absolute atomic E-state index is 12.2. The summed E-state index contributed by atoms with van der Waals surface area (Å²) in [4.78, 5) is 26.4. The number of rotatable bonds is 3. The Morgan fingerprint density at radius 1 is 1.28 bits per heavy atom. The molecule has 0 aliphatic rings. The van der Waals surface area contributed by atoms with E-state index in [1.807, 2.05) is 0 Å². The summed E-state index contributed by atoms with van der Waals surface area (Å²) in [6.45, 7) is 1.78. The highest BCUT2D eigenvalue weighted by molar-refractivity contribution is 6.10. The van der Waals surface area contributed by atoms with Gasteiger partial charge in [-0.05, 0) is 30.7 Å². The first-order chi connectivity index (χ1) is 8.59. The van der Waals surface area contributed by atoms with Gasteiger partial charge in [0.15, 0.2) is 0 Å². The average Bonchev–Trinajstić information content (AvgIpc) is 2.38. The number of carbonyl (C=O) groups excluding carboxylic acids is 1. The van der Waals surface area contributed by atoms with Gasteiger partial charge in [0.1, 0.15) is 11.3 Å². The number of aryl methyl sites for hydroxylation is 1. The summed E-state index contributed by atoms with van der Waals surface area (Å²) in [6.07, 6.45) is 1.48. The Labute approximate surface area is 103 Å². The molecule has 0 spiro atoms. The van der Waals surface area contributed by atoms with E-state index in [1.54, 1.807) is 25.1 Å². The summed E-state index contributed by atoms with van der Waals surface area (Å²) in [6, 6.07) is 9.34. The minimum Gasteiger partial charge on any atom is -0.287 e. The Morgan fingerprint density at radius 2 is 2.06 bits per heavy atom. The molecule has 0 fully saturated rings. The van der Waals surface area contributed by atoms with E-state index in [-0.39, 0.29) is 16.9 Å². The van der Waals surface area contributed by atoms with E-state index >= 15 is 0 Å². The molecule has 18 heavy (non-hydrogen) atoms. The number of hydrogen-bond donors (Lipinski definition) is 0. The van der Waals surface area contributed by atoms with Gasteiger partial charge in [-0.2, -0.15) is 0 Å². The number of pyridine rings is 1. The van der Waals surface area contributed by atoms with Gasteiger partial charge in [-0.25, -0.2) is 0 Å². The third-order valence-electron chi connectivity index (χ3n) is 2.49. The normalized spacial score (nSPS) is 10.1. The predicted molar refractivity (Wildman–Crippen MR) is 65.5 cm³/mol. The second kappa shape index (κ2) is 4.75. The van der Waals surface area contributed by atoms with Crippen LogP contribution in [-0.2, 0) is 0 Å². The number of ketones is 1. The number of nitro benzene ring substituents is 1. The van der Waals surface area contributed by atoms with Gasteiger partial charge in [-0.1, -0.05) is 12.1 Å². The van der Waals surface area contributed by atoms with E-state index in [0.29, 0.717) is 0 Å². The molecule has 5 heteroatoms. The lowest BCUT2D eigenvalue weighted by Gasteiger charge is -2.03. The predicted octanol–water partition coefficient (Wildman–Crippen LogP) is 2.53. The molecule has 0 bridgehead atoms. The van der Waals surface area contributed by atoms with Crippen LogP contribution >= 0.6 is 0 Å². The van der Waals surface area contributed by atoms with E-state index in [4.69, 9.17) is 0 Å². The average molecular weight is 242 g/mol. The van der Waals surface area contributed by atoms with Crippen molar-refractivity contribution in [3.05, 3.63) is 69.5 Å². The number of benzene rings is 1. The van der Waals surface area contributed by atoms with Crippen LogP contribution in [0.3, 0.4) is 0 Å². The molecule has 0 unspecified atom stereocenters. The van der Waals surface area contributed by atoms with E-state index in [0.717, 1.165) is 5.56 Å². The van der Waals surface area contributed by atoms with Crippen LogP contribution in [-0.4, -0.2) is 15.7 Å². The van der Waals surface area contributed by atoms with Crippen molar-refractivity contribution in [1.29, 1.82) is 0 Å². The molecule has 0 saturated carbocycles. The van der Waals surface area contributed by atoms with Gasteiger partial charge >= 0.3 is 0 Å². The van der Waals surface area contributed by atoms with Crippen molar-refractivity contribution in [1.82, 2.24) is 4.98 Å². The van der Waals surface area contributed by atoms with Crippen LogP contribution < -0.4 is 0 Å². The Kier molecular flexibility index (Phi) is 3.14. The SMILES string of the molecule is Cc1ccc([N+](=O)[O-])c(C(=O)c2ccccn2)c1. The zero-order valence-electron chi connectivity index (χ0n) is 9.66. The fraction of sp³-hybridized carbons (Fsp3) is 0.0769. The first-order valence-electron chi connectivity index (χ1n) is 5.30. The third kappa shape index (κ3) is 2.24. The zero-order chi connectivity index (χ0) is 13.1. The molecular formula is C13H10N2O3. The quantitative estimate of drug-likeness (QED) is 0.471. The lowest BCUT2D eigenvalue weighted by Crippen LogP contribution is -2.07. The van der Waals surface area contributed by atoms with Crippen LogP contribution in [0.2, 0.25) is 0 Å². The van der Waals surface area contributed by atoms with E-state index in [1.165, 1.54) is 24.4 Å². The molecular weight excluding hydrogens is 232 g/mol. The number of hydrogen-bond acceptors (Lipinski definition) is 4. The van der Waals surface area contributed by atoms with Crippen molar-refractivity contribution >= 4 is 11.5 Å². The fourth-order valence-corrected chi connectivity index (χ4v) is 1.63. The van der Waals surface area contributed by atoms with Gasteiger partial charge in [0.2, 0.25) is 5.78 Å². The Bertz CT molecular complexity index is 609. The lowest BCUT2D eigenvalue weighted by molar-refractivity contribution is -0.385. The van der Waals surface area contributed by atoms with Crippen LogP contribution in [0, 0.1) is 17.0 Å². The third-order valence-corrected chi connectivity index (χ3v) is 2.49. The minimum absolute atomic E-state index is 0.0682. The van der Waals surface area contributed by atoms with Crippen LogP contribution in [0.15, 0.2) is 42.6 Å². The van der Waals surface area contributed by atoms with Crippen LogP contribution in [0.25, 0.3) is 0 Å². The Morgan fingerprint density at radius 3 is 2.67 bits per heavy atom. The summed E-state index contributed by atoms with van der Waals surface area (Å²) in [7, 11) is 0. The molecule has 2 aromatic rings. The van der Waals surface area contributed by atoms with Crippen molar-refractivity contribution in [3.63, 3.8) is 0 Å². The summed E-state index contributed by atoms with van der Waals surface area (Å²) in [5.74, 6) is -0.439. The summed E-state index contributed by atoms with van der Waals surface area (Å²) in [5, 5.41) is 10.9. The zero-order valence-corrected chi connectivity index (χ0v) is 9.66. The first-order valence-corrected chi connectivity index (χ1v) is 5.30. The first kappa shape index (κ1) is 11.9. The second-order valence-electron chi connectivity index (χ2n) is 3.82. The fourth-order valence-electron chi connectivity index (χ4n) is 1.63. The molecule has 0 amide bonds. The van der Waals surface area contributed by atoms with Gasteiger partial charge in [0.05, 0.1) is 4.92 Å². The van der Waals surface area contributed by atoms with Crippen molar-refractivity contribution in [2.45, 2.75) is 6.92 Å². The molecule has 2 rings (SSSR count). The number of carbonyl (C=O) groups is 1. The standard InChI is InChI=1S/C13H10N2O3/c1-9-5-6-12(15(17)18)10(8-9)13(16)11-4-2-3-7-14-11/h2-8H,1H3. The number of nitro groups is 1. The molecule has 90 valence electrons. The van der Waals surface area contributed by atoms with E-state index < -0.39 is 10.7 Å². The maximum atomic E-state index is 12.2. The molecule has 1 aromatic carbocycles. The number of aromatic nitrogens is 1. The molecule has 0 N–H and O–H groups in total. The van der Waals surface area contributed by atoms with Crippen molar-refractivity contribution in [2.75, 3.05) is 0 Å². The topological polar surface area (TPSA) is 73.1 Å². The highest BCUT2D eigenvalue weighted by Crippen LogP contribution is 2.22. The van der Waals surface area contributed by atoms with Crippen LogP contribution in [0.5, 0.6) is 0 Å². The Hall–Kier alpha value is -2.56. The summed E-state index contributed by atoms with van der Waals surface area (Å²) < 4.78 is 0. The lowest BCUT2D eigenvalue weighted by atomic mass is 10.0. The van der Waals surface area contributed by atoms with Crippen LogP contribution in [0.1, 0.15) is 21.6 Å². The summed E-state index contributed by atoms with van der Waals surface area (Å²) in [5.41, 5.74) is 0.862. The highest BCUT2D eigenvalue weighted by Gasteiger charge is 2.21. The van der Waals surface area contributed by atoms with Gasteiger partial charge in [0, 0.05) is 12.3 Å². The molecule has 0 radical (unpaired) electrons. The molecule has 0 atom stereocenters. The van der Waals surface area contributed by atoms with Crippen molar-refractivity contribution in [3.8, 4) is 0 Å². The van der Waals surface area contributed by atoms with Crippen LogP contribution in [0.4, 0.5) is 5.69 Å². The molecule has 0 saturated heterocycles. The molecule has 1 aromatic heterocycles. The van der Waals surface area contributed by atoms with Crippen molar-refractivity contribution < 1.29 is 9.72 Å².